The van der Waals surface area contributed by atoms with Crippen molar-refractivity contribution in [2.24, 2.45) is 4.99 Å². The summed E-state index contributed by atoms with van der Waals surface area (Å²) in [6, 6.07) is 9.07. The van der Waals surface area contributed by atoms with Gasteiger partial charge in [-0.15, -0.1) is 0 Å². The first-order chi connectivity index (χ1) is 12.6. The molecule has 0 amide bonds. The van der Waals surface area contributed by atoms with Crippen LogP contribution in [0.25, 0.3) is 0 Å². The minimum absolute atomic E-state index is 0.0540. The standard InChI is InChI=1S/C19H20ClN3O2S/c1-3-25-16-8-12(13(20)9-15(16)24)18-17(14-6-4-5-7-21-14)22-19-23(18)10-11(2)26-19/h4-9,11,17-18,24H,3,10H2,1-2H3/t11-,17+,18-/m0/s1. The van der Waals surface area contributed by atoms with Gasteiger partial charge in [0.05, 0.1) is 18.3 Å². The zero-order valence-electron chi connectivity index (χ0n) is 14.6. The van der Waals surface area contributed by atoms with Crippen LogP contribution in [0.1, 0.15) is 37.2 Å². The zero-order valence-corrected chi connectivity index (χ0v) is 16.2. The zero-order chi connectivity index (χ0) is 18.3. The summed E-state index contributed by atoms with van der Waals surface area (Å²) < 4.78 is 5.58. The maximum atomic E-state index is 10.1. The lowest BCUT2D eigenvalue weighted by Gasteiger charge is -2.28. The third-order valence-corrected chi connectivity index (χ3v) is 6.01. The van der Waals surface area contributed by atoms with E-state index in [2.05, 4.69) is 16.8 Å². The Kier molecular flexibility index (Phi) is 4.71. The SMILES string of the molecule is CCOc1cc([C@H]2[C@@H](c3ccccn3)N=C3S[C@@H](C)CN32)c(Cl)cc1O. The van der Waals surface area contributed by atoms with Crippen molar-refractivity contribution in [3.8, 4) is 11.5 Å². The van der Waals surface area contributed by atoms with Crippen LogP contribution in [0, 0.1) is 0 Å². The van der Waals surface area contributed by atoms with Crippen molar-refractivity contribution < 1.29 is 9.84 Å². The van der Waals surface area contributed by atoms with Crippen LogP contribution in [0.3, 0.4) is 0 Å². The lowest BCUT2D eigenvalue weighted by atomic mass is 9.96. The predicted octanol–water partition coefficient (Wildman–Crippen LogP) is 4.43. The molecule has 5 nitrogen and oxygen atoms in total. The van der Waals surface area contributed by atoms with Crippen molar-refractivity contribution >= 4 is 28.5 Å². The first kappa shape index (κ1) is 17.5. The lowest BCUT2D eigenvalue weighted by Crippen LogP contribution is -2.28. The fraction of sp³-hybridized carbons (Fsp3) is 0.368. The van der Waals surface area contributed by atoms with Gasteiger partial charge in [-0.25, -0.2) is 0 Å². The number of aromatic nitrogens is 1. The molecule has 1 N–H and O–H groups in total. The maximum Gasteiger partial charge on any atom is 0.161 e. The lowest BCUT2D eigenvalue weighted by molar-refractivity contribution is 0.306. The van der Waals surface area contributed by atoms with Crippen LogP contribution in [0.4, 0.5) is 0 Å². The first-order valence-electron chi connectivity index (χ1n) is 8.65. The summed E-state index contributed by atoms with van der Waals surface area (Å²) >= 11 is 8.32. The molecule has 4 rings (SSSR count). The molecule has 3 atom stereocenters. The molecule has 0 radical (unpaired) electrons. The smallest absolute Gasteiger partial charge is 0.161 e. The summed E-state index contributed by atoms with van der Waals surface area (Å²) in [4.78, 5) is 11.8. The summed E-state index contributed by atoms with van der Waals surface area (Å²) in [6.45, 7) is 5.46. The van der Waals surface area contributed by atoms with Crippen LogP contribution in [0.2, 0.25) is 5.02 Å². The van der Waals surface area contributed by atoms with Gasteiger partial charge in [0.2, 0.25) is 0 Å². The molecule has 7 heteroatoms. The molecular weight excluding hydrogens is 370 g/mol. The Labute approximate surface area is 162 Å². The van der Waals surface area contributed by atoms with E-state index in [0.717, 1.165) is 23.0 Å². The molecule has 0 unspecified atom stereocenters. The van der Waals surface area contributed by atoms with E-state index in [-0.39, 0.29) is 17.8 Å². The number of halogens is 1. The van der Waals surface area contributed by atoms with Crippen LogP contribution in [0.5, 0.6) is 11.5 Å². The number of ether oxygens (including phenoxy) is 1. The Hall–Kier alpha value is -1.92. The minimum atomic E-state index is -0.136. The van der Waals surface area contributed by atoms with E-state index in [4.69, 9.17) is 21.3 Å². The third kappa shape index (κ3) is 3.01. The predicted molar refractivity (Wildman–Crippen MR) is 105 cm³/mol. The topological polar surface area (TPSA) is 58.0 Å². The van der Waals surface area contributed by atoms with Crippen molar-refractivity contribution in [2.45, 2.75) is 31.2 Å². The highest BCUT2D eigenvalue weighted by atomic mass is 35.5. The highest BCUT2D eigenvalue weighted by molar-refractivity contribution is 8.14. The van der Waals surface area contributed by atoms with Gasteiger partial charge in [0.25, 0.3) is 0 Å². The normalized spacial score (nSPS) is 24.5. The van der Waals surface area contributed by atoms with E-state index in [0.29, 0.717) is 22.6 Å². The van der Waals surface area contributed by atoms with Gasteiger partial charge in [0.1, 0.15) is 6.04 Å². The molecule has 1 aromatic heterocycles. The third-order valence-electron chi connectivity index (χ3n) is 4.58. The second kappa shape index (κ2) is 7.00. The minimum Gasteiger partial charge on any atom is -0.504 e. The number of nitrogens with zero attached hydrogens (tertiary/aromatic N) is 3. The second-order valence-corrected chi connectivity index (χ2v) is 8.22. The molecule has 2 aliphatic rings. The molecule has 26 heavy (non-hydrogen) atoms. The van der Waals surface area contributed by atoms with Gasteiger partial charge in [-0.3, -0.25) is 9.98 Å². The molecule has 2 aliphatic heterocycles. The molecule has 0 saturated carbocycles. The summed E-state index contributed by atoms with van der Waals surface area (Å²) in [6.07, 6.45) is 1.79. The van der Waals surface area contributed by atoms with Gasteiger partial charge >= 0.3 is 0 Å². The van der Waals surface area contributed by atoms with E-state index < -0.39 is 0 Å². The van der Waals surface area contributed by atoms with Crippen molar-refractivity contribution in [2.75, 3.05) is 13.2 Å². The quantitative estimate of drug-likeness (QED) is 0.838. The Morgan fingerprint density at radius 1 is 1.38 bits per heavy atom. The number of aromatic hydroxyl groups is 1. The fourth-order valence-corrected chi connectivity index (χ4v) is 4.87. The van der Waals surface area contributed by atoms with E-state index in [1.54, 1.807) is 24.0 Å². The average Bonchev–Trinajstić information content (AvgIpc) is 3.14. The van der Waals surface area contributed by atoms with Gasteiger partial charge in [0, 0.05) is 29.1 Å². The number of phenolic OH excluding ortho intramolecular Hbond substituents is 1. The van der Waals surface area contributed by atoms with Gasteiger partial charge in [-0.1, -0.05) is 36.4 Å². The van der Waals surface area contributed by atoms with Crippen LogP contribution < -0.4 is 4.74 Å². The number of amidine groups is 1. The molecule has 3 heterocycles. The molecule has 2 aromatic rings. The van der Waals surface area contributed by atoms with E-state index in [1.807, 2.05) is 31.2 Å². The highest BCUT2D eigenvalue weighted by Gasteiger charge is 2.44. The largest absolute Gasteiger partial charge is 0.504 e. The van der Waals surface area contributed by atoms with Crippen molar-refractivity contribution in [1.29, 1.82) is 0 Å². The maximum absolute atomic E-state index is 10.1. The van der Waals surface area contributed by atoms with E-state index >= 15 is 0 Å². The highest BCUT2D eigenvalue weighted by Crippen LogP contribution is 2.50. The molecule has 1 fully saturated rings. The number of pyridine rings is 1. The molecule has 1 saturated heterocycles. The number of benzene rings is 1. The Bertz CT molecular complexity index is 846. The number of aliphatic imine (C=N–C) groups is 1. The van der Waals surface area contributed by atoms with Crippen LogP contribution in [-0.2, 0) is 0 Å². The van der Waals surface area contributed by atoms with E-state index in [1.165, 1.54) is 0 Å². The summed E-state index contributed by atoms with van der Waals surface area (Å²) in [7, 11) is 0. The van der Waals surface area contributed by atoms with Gasteiger partial charge in [0.15, 0.2) is 16.7 Å². The molecular formula is C19H20ClN3O2S. The van der Waals surface area contributed by atoms with Crippen molar-refractivity contribution in [3.63, 3.8) is 0 Å². The summed E-state index contributed by atoms with van der Waals surface area (Å²) in [5, 5.41) is 12.1. The number of rotatable bonds is 4. The van der Waals surface area contributed by atoms with E-state index in [9.17, 15) is 5.11 Å². The van der Waals surface area contributed by atoms with Gasteiger partial charge in [-0.05, 0) is 30.7 Å². The first-order valence-corrected chi connectivity index (χ1v) is 9.91. The number of hydrogen-bond acceptors (Lipinski definition) is 6. The van der Waals surface area contributed by atoms with Crippen molar-refractivity contribution in [3.05, 3.63) is 52.8 Å². The number of fused-ring (bicyclic) bond motifs is 1. The Morgan fingerprint density at radius 2 is 2.23 bits per heavy atom. The molecule has 0 aliphatic carbocycles. The van der Waals surface area contributed by atoms with Gasteiger partial charge < -0.3 is 14.7 Å². The molecule has 136 valence electrons. The number of phenols is 1. The Balaban J connectivity index is 1.81. The van der Waals surface area contributed by atoms with Crippen LogP contribution in [-0.4, -0.2) is 38.6 Å². The second-order valence-electron chi connectivity index (χ2n) is 6.41. The summed E-state index contributed by atoms with van der Waals surface area (Å²) in [5.74, 6) is 0.498. The average molecular weight is 390 g/mol. The Morgan fingerprint density at radius 3 is 2.96 bits per heavy atom. The monoisotopic (exact) mass is 389 g/mol. The molecule has 0 bridgehead atoms. The van der Waals surface area contributed by atoms with Gasteiger partial charge in [-0.2, -0.15) is 0 Å². The molecule has 1 aromatic carbocycles. The van der Waals surface area contributed by atoms with Crippen LogP contribution in [0.15, 0.2) is 41.5 Å². The number of hydrogen-bond donors (Lipinski definition) is 1. The summed E-state index contributed by atoms with van der Waals surface area (Å²) in [5.41, 5.74) is 1.81. The van der Waals surface area contributed by atoms with Crippen LogP contribution >= 0.6 is 23.4 Å². The van der Waals surface area contributed by atoms with Crippen molar-refractivity contribution in [1.82, 2.24) is 9.88 Å². The molecule has 0 spiro atoms. The number of thioether (sulfide) groups is 1. The fourth-order valence-electron chi connectivity index (χ4n) is 3.51.